The molecule has 0 unspecified atom stereocenters. The quantitative estimate of drug-likeness (QED) is 0.864. The lowest BCUT2D eigenvalue weighted by Crippen LogP contribution is -2.03. The van der Waals surface area contributed by atoms with Crippen LogP contribution < -0.4 is 5.73 Å². The maximum Gasteiger partial charge on any atom is 0.178 e. The number of anilines is 1. The molecule has 0 radical (unpaired) electrons. The average Bonchev–Trinajstić information content (AvgIpc) is 2.76. The van der Waals surface area contributed by atoms with E-state index in [1.54, 1.807) is 37.3 Å². The number of benzene rings is 1. The molecular formula is C11H13N3O2S. The van der Waals surface area contributed by atoms with E-state index in [9.17, 15) is 8.42 Å². The van der Waals surface area contributed by atoms with Crippen molar-refractivity contribution in [2.45, 2.75) is 11.8 Å². The van der Waals surface area contributed by atoms with E-state index < -0.39 is 9.84 Å². The Balaban J connectivity index is 2.37. The first-order chi connectivity index (χ1) is 8.03. The fraction of sp³-hybridized carbons (Fsp3) is 0.182. The fourth-order valence-corrected chi connectivity index (χ4v) is 2.38. The van der Waals surface area contributed by atoms with Gasteiger partial charge in [-0.25, -0.2) is 8.42 Å². The molecule has 3 N–H and O–H groups in total. The summed E-state index contributed by atoms with van der Waals surface area (Å²) < 4.78 is 23.2. The van der Waals surface area contributed by atoms with Crippen LogP contribution in [0.4, 0.5) is 5.82 Å². The molecule has 6 heteroatoms. The van der Waals surface area contributed by atoms with Crippen LogP contribution in [0.1, 0.15) is 6.92 Å². The summed E-state index contributed by atoms with van der Waals surface area (Å²) in [5.41, 5.74) is 7.12. The molecule has 0 aliphatic heterocycles. The maximum atomic E-state index is 11.6. The molecule has 0 fully saturated rings. The van der Waals surface area contributed by atoms with E-state index in [1.807, 2.05) is 0 Å². The van der Waals surface area contributed by atoms with Gasteiger partial charge in [0.05, 0.1) is 16.3 Å². The lowest BCUT2D eigenvalue weighted by Gasteiger charge is -2.02. The average molecular weight is 251 g/mol. The molecule has 1 heterocycles. The number of aromatic amines is 1. The zero-order valence-electron chi connectivity index (χ0n) is 9.34. The third-order valence-electron chi connectivity index (χ3n) is 2.50. The van der Waals surface area contributed by atoms with Gasteiger partial charge in [-0.05, 0) is 17.7 Å². The van der Waals surface area contributed by atoms with Gasteiger partial charge in [0.1, 0.15) is 5.82 Å². The summed E-state index contributed by atoms with van der Waals surface area (Å²) in [7, 11) is -3.14. The highest BCUT2D eigenvalue weighted by molar-refractivity contribution is 7.91. The molecule has 0 aliphatic rings. The van der Waals surface area contributed by atoms with Gasteiger partial charge >= 0.3 is 0 Å². The Kier molecular flexibility index (Phi) is 2.89. The van der Waals surface area contributed by atoms with E-state index >= 15 is 0 Å². The van der Waals surface area contributed by atoms with Crippen molar-refractivity contribution < 1.29 is 8.42 Å². The second-order valence-corrected chi connectivity index (χ2v) is 5.91. The molecule has 17 heavy (non-hydrogen) atoms. The first-order valence-corrected chi connectivity index (χ1v) is 6.82. The van der Waals surface area contributed by atoms with Gasteiger partial charge in [0.15, 0.2) is 9.84 Å². The zero-order valence-corrected chi connectivity index (χ0v) is 10.2. The first kappa shape index (κ1) is 11.7. The van der Waals surface area contributed by atoms with Crippen molar-refractivity contribution in [3.63, 3.8) is 0 Å². The Bertz CT molecular complexity index is 614. The van der Waals surface area contributed by atoms with Crippen LogP contribution in [0.25, 0.3) is 11.3 Å². The molecule has 0 atom stereocenters. The van der Waals surface area contributed by atoms with Gasteiger partial charge in [0.2, 0.25) is 0 Å². The summed E-state index contributed by atoms with van der Waals surface area (Å²) in [6.07, 6.45) is 0. The number of aromatic nitrogens is 2. The van der Waals surface area contributed by atoms with Gasteiger partial charge in [-0.15, -0.1) is 0 Å². The molecule has 0 saturated heterocycles. The van der Waals surface area contributed by atoms with Gasteiger partial charge in [-0.3, -0.25) is 5.10 Å². The molecule has 0 aliphatic carbocycles. The minimum absolute atomic E-state index is 0.101. The van der Waals surface area contributed by atoms with Crippen LogP contribution in [0.3, 0.4) is 0 Å². The summed E-state index contributed by atoms with van der Waals surface area (Å²) in [6, 6.07) is 8.34. The largest absolute Gasteiger partial charge is 0.382 e. The number of nitrogens with one attached hydrogen (secondary N) is 1. The topological polar surface area (TPSA) is 88.8 Å². The lowest BCUT2D eigenvalue weighted by atomic mass is 10.1. The van der Waals surface area contributed by atoms with E-state index in [2.05, 4.69) is 10.2 Å². The second-order valence-electron chi connectivity index (χ2n) is 3.63. The van der Waals surface area contributed by atoms with Crippen molar-refractivity contribution in [3.8, 4) is 11.3 Å². The predicted octanol–water partition coefficient (Wildman–Crippen LogP) is 1.45. The Labute approximate surface area is 99.6 Å². The second kappa shape index (κ2) is 4.21. The van der Waals surface area contributed by atoms with Crippen molar-refractivity contribution in [1.29, 1.82) is 0 Å². The Hall–Kier alpha value is -1.82. The molecule has 90 valence electrons. The van der Waals surface area contributed by atoms with Crippen molar-refractivity contribution in [2.24, 2.45) is 0 Å². The lowest BCUT2D eigenvalue weighted by molar-refractivity contribution is 0.597. The van der Waals surface area contributed by atoms with Gasteiger partial charge < -0.3 is 5.73 Å². The highest BCUT2D eigenvalue weighted by Crippen LogP contribution is 2.21. The monoisotopic (exact) mass is 251 g/mol. The number of nitrogen functional groups attached to an aromatic ring is 1. The Morgan fingerprint density at radius 2 is 1.94 bits per heavy atom. The normalized spacial score (nSPS) is 11.6. The molecule has 2 rings (SSSR count). The van der Waals surface area contributed by atoms with Crippen molar-refractivity contribution in [3.05, 3.63) is 30.3 Å². The van der Waals surface area contributed by atoms with E-state index in [4.69, 9.17) is 5.73 Å². The summed E-state index contributed by atoms with van der Waals surface area (Å²) in [4.78, 5) is 0.330. The minimum Gasteiger partial charge on any atom is -0.382 e. The third-order valence-corrected chi connectivity index (χ3v) is 4.25. The van der Waals surface area contributed by atoms with E-state index in [1.165, 1.54) is 0 Å². The van der Waals surface area contributed by atoms with Crippen LogP contribution in [0.5, 0.6) is 0 Å². The molecular weight excluding hydrogens is 238 g/mol. The van der Waals surface area contributed by atoms with E-state index in [0.717, 1.165) is 11.3 Å². The standard InChI is InChI=1S/C11H13N3O2S/c1-2-17(15,16)9-5-3-8(4-6-9)10-7-11(12)14-13-10/h3-7H,2H2,1H3,(H3,12,13,14). The minimum atomic E-state index is -3.14. The summed E-state index contributed by atoms with van der Waals surface area (Å²) in [5, 5.41) is 6.58. The molecule has 2 aromatic rings. The molecule has 1 aromatic heterocycles. The van der Waals surface area contributed by atoms with Crippen molar-refractivity contribution >= 4 is 15.7 Å². The van der Waals surface area contributed by atoms with Crippen LogP contribution in [0.2, 0.25) is 0 Å². The van der Waals surface area contributed by atoms with Gasteiger partial charge in [0.25, 0.3) is 0 Å². The van der Waals surface area contributed by atoms with E-state index in [-0.39, 0.29) is 5.75 Å². The molecule has 5 nitrogen and oxygen atoms in total. The van der Waals surface area contributed by atoms with Crippen LogP contribution in [-0.4, -0.2) is 24.4 Å². The van der Waals surface area contributed by atoms with Crippen LogP contribution in [0, 0.1) is 0 Å². The SMILES string of the molecule is CCS(=O)(=O)c1ccc(-c2cc(N)n[nH]2)cc1. The van der Waals surface area contributed by atoms with Crippen LogP contribution in [-0.2, 0) is 9.84 Å². The molecule has 0 saturated carbocycles. The van der Waals surface area contributed by atoms with Crippen molar-refractivity contribution in [1.82, 2.24) is 10.2 Å². The highest BCUT2D eigenvalue weighted by Gasteiger charge is 2.11. The number of nitrogens with two attached hydrogens (primary N) is 1. The zero-order chi connectivity index (χ0) is 12.5. The van der Waals surface area contributed by atoms with E-state index in [0.29, 0.717) is 10.7 Å². The number of sulfone groups is 1. The third kappa shape index (κ3) is 2.31. The summed E-state index contributed by atoms with van der Waals surface area (Å²) >= 11 is 0. The maximum absolute atomic E-state index is 11.6. The smallest absolute Gasteiger partial charge is 0.178 e. The van der Waals surface area contributed by atoms with Gasteiger partial charge in [0, 0.05) is 6.07 Å². The van der Waals surface area contributed by atoms with Crippen LogP contribution >= 0.6 is 0 Å². The summed E-state index contributed by atoms with van der Waals surface area (Å²) in [5.74, 6) is 0.508. The fourth-order valence-electron chi connectivity index (χ4n) is 1.49. The first-order valence-electron chi connectivity index (χ1n) is 5.17. The van der Waals surface area contributed by atoms with Gasteiger partial charge in [-0.2, -0.15) is 5.10 Å². The number of H-pyrrole nitrogens is 1. The Morgan fingerprint density at radius 3 is 2.41 bits per heavy atom. The molecule has 0 bridgehead atoms. The molecule has 0 amide bonds. The number of hydrogen-bond acceptors (Lipinski definition) is 4. The molecule has 0 spiro atoms. The van der Waals surface area contributed by atoms with Gasteiger partial charge in [-0.1, -0.05) is 19.1 Å². The predicted molar refractivity (Wildman–Crippen MR) is 66.2 cm³/mol. The highest BCUT2D eigenvalue weighted by atomic mass is 32.2. The summed E-state index contributed by atoms with van der Waals surface area (Å²) in [6.45, 7) is 1.62. The number of hydrogen-bond donors (Lipinski definition) is 2. The Morgan fingerprint density at radius 1 is 1.29 bits per heavy atom. The van der Waals surface area contributed by atoms with Crippen LogP contribution in [0.15, 0.2) is 35.2 Å². The molecule has 1 aromatic carbocycles. The van der Waals surface area contributed by atoms with Crippen molar-refractivity contribution in [2.75, 3.05) is 11.5 Å². The number of nitrogens with zero attached hydrogens (tertiary/aromatic N) is 1. The number of rotatable bonds is 3.